The Labute approximate surface area is 187 Å². The van der Waals surface area contributed by atoms with Gasteiger partial charge in [-0.2, -0.15) is 0 Å². The van der Waals surface area contributed by atoms with Gasteiger partial charge in [0.05, 0.1) is 12.2 Å². The third-order valence-corrected chi connectivity index (χ3v) is 6.54. The maximum absolute atomic E-state index is 10.1. The maximum Gasteiger partial charge on any atom is 0.0590 e. The van der Waals surface area contributed by atoms with Crippen molar-refractivity contribution in [2.24, 2.45) is 5.92 Å². The van der Waals surface area contributed by atoms with Crippen LogP contribution >= 0.6 is 0 Å². The Hall–Kier alpha value is -0.160. The summed E-state index contributed by atoms with van der Waals surface area (Å²) in [5.74, 6) is 0.0456. The van der Waals surface area contributed by atoms with Crippen LogP contribution in [-0.2, 0) is 0 Å². The molecule has 0 amide bonds. The molecule has 3 unspecified atom stereocenters. The SMILES string of the molecule is CCC(CO)C(O)CCCCCCCCCC(O)CCCCCCCCCCCO. The van der Waals surface area contributed by atoms with Crippen LogP contribution in [0.15, 0.2) is 0 Å². The average molecular weight is 431 g/mol. The third kappa shape index (κ3) is 19.8. The highest BCUT2D eigenvalue weighted by molar-refractivity contribution is 4.66. The number of aliphatic hydroxyl groups excluding tert-OH is 4. The molecular weight excluding hydrogens is 376 g/mol. The first-order valence-electron chi connectivity index (χ1n) is 13.2. The standard InChI is InChI=1S/C26H54O4/c1-2-24(23-28)26(30)21-17-13-9-6-8-12-16-20-25(29)19-15-11-7-4-3-5-10-14-18-22-27/h24-30H,2-23H2,1H3. The Kier molecular flexibility index (Phi) is 23.4. The van der Waals surface area contributed by atoms with Gasteiger partial charge in [0.15, 0.2) is 0 Å². The van der Waals surface area contributed by atoms with E-state index >= 15 is 0 Å². The van der Waals surface area contributed by atoms with Gasteiger partial charge < -0.3 is 20.4 Å². The van der Waals surface area contributed by atoms with Crippen LogP contribution in [0.2, 0.25) is 0 Å². The molecule has 4 N–H and O–H groups in total. The van der Waals surface area contributed by atoms with Crippen molar-refractivity contribution in [3.63, 3.8) is 0 Å². The van der Waals surface area contributed by atoms with Gasteiger partial charge in [0.25, 0.3) is 0 Å². The van der Waals surface area contributed by atoms with Gasteiger partial charge >= 0.3 is 0 Å². The predicted molar refractivity (Wildman–Crippen MR) is 128 cm³/mol. The normalized spacial score (nSPS) is 14.7. The van der Waals surface area contributed by atoms with Gasteiger partial charge in [-0.25, -0.2) is 0 Å². The first-order chi connectivity index (χ1) is 14.7. The smallest absolute Gasteiger partial charge is 0.0590 e. The zero-order chi connectivity index (χ0) is 22.3. The molecule has 0 bridgehead atoms. The second-order valence-corrected chi connectivity index (χ2v) is 9.32. The van der Waals surface area contributed by atoms with Crippen LogP contribution in [0.25, 0.3) is 0 Å². The summed E-state index contributed by atoms with van der Waals surface area (Å²) in [7, 11) is 0. The fourth-order valence-electron chi connectivity index (χ4n) is 4.25. The van der Waals surface area contributed by atoms with Crippen molar-refractivity contribution in [3.05, 3.63) is 0 Å². The first-order valence-corrected chi connectivity index (χ1v) is 13.2. The highest BCUT2D eigenvalue weighted by Gasteiger charge is 2.15. The van der Waals surface area contributed by atoms with E-state index < -0.39 is 0 Å². The minimum absolute atomic E-state index is 0.0456. The summed E-state index contributed by atoms with van der Waals surface area (Å²) in [6.45, 7) is 2.45. The first kappa shape index (κ1) is 29.8. The summed E-state index contributed by atoms with van der Waals surface area (Å²) >= 11 is 0. The van der Waals surface area contributed by atoms with Gasteiger partial charge in [0.2, 0.25) is 0 Å². The molecule has 0 aromatic heterocycles. The quantitative estimate of drug-likeness (QED) is 0.139. The monoisotopic (exact) mass is 430 g/mol. The summed E-state index contributed by atoms with van der Waals surface area (Å²) in [5, 5.41) is 38.1. The molecule has 0 aliphatic carbocycles. The molecule has 0 radical (unpaired) electrons. The molecular formula is C26H54O4. The molecule has 0 rings (SSSR count). The summed E-state index contributed by atoms with van der Waals surface area (Å²) < 4.78 is 0. The second-order valence-electron chi connectivity index (χ2n) is 9.32. The molecule has 0 spiro atoms. The highest BCUT2D eigenvalue weighted by atomic mass is 16.3. The fourth-order valence-corrected chi connectivity index (χ4v) is 4.25. The van der Waals surface area contributed by atoms with E-state index in [9.17, 15) is 15.3 Å². The molecule has 0 fully saturated rings. The predicted octanol–water partition coefficient (Wildman–Crippen LogP) is 6.13. The van der Waals surface area contributed by atoms with Gasteiger partial charge in [-0.3, -0.25) is 0 Å². The van der Waals surface area contributed by atoms with Crippen molar-refractivity contribution in [2.75, 3.05) is 13.2 Å². The second kappa shape index (κ2) is 23.5. The van der Waals surface area contributed by atoms with Crippen molar-refractivity contribution in [1.29, 1.82) is 0 Å². The van der Waals surface area contributed by atoms with Crippen LogP contribution < -0.4 is 0 Å². The minimum atomic E-state index is -0.344. The number of rotatable bonds is 24. The molecule has 0 saturated carbocycles. The van der Waals surface area contributed by atoms with Gasteiger partial charge in [-0.1, -0.05) is 103 Å². The lowest BCUT2D eigenvalue weighted by molar-refractivity contribution is 0.0569. The summed E-state index contributed by atoms with van der Waals surface area (Å²) in [6, 6.07) is 0. The highest BCUT2D eigenvalue weighted by Crippen LogP contribution is 2.17. The van der Waals surface area contributed by atoms with E-state index in [1.54, 1.807) is 0 Å². The van der Waals surface area contributed by atoms with Crippen LogP contribution in [0.3, 0.4) is 0 Å². The molecule has 0 aromatic rings. The maximum atomic E-state index is 10.1. The van der Waals surface area contributed by atoms with Crippen LogP contribution in [0, 0.1) is 5.92 Å². The van der Waals surface area contributed by atoms with Crippen molar-refractivity contribution < 1.29 is 20.4 Å². The van der Waals surface area contributed by atoms with Crippen LogP contribution in [0.1, 0.15) is 135 Å². The number of hydrogen-bond acceptors (Lipinski definition) is 4. The molecule has 0 aromatic carbocycles. The van der Waals surface area contributed by atoms with Crippen molar-refractivity contribution in [2.45, 2.75) is 148 Å². The molecule has 182 valence electrons. The number of hydrogen-bond donors (Lipinski definition) is 4. The molecule has 4 heteroatoms. The van der Waals surface area contributed by atoms with Crippen molar-refractivity contribution >= 4 is 0 Å². The topological polar surface area (TPSA) is 80.9 Å². The van der Waals surface area contributed by atoms with Crippen LogP contribution in [0.4, 0.5) is 0 Å². The van der Waals surface area contributed by atoms with E-state index in [-0.39, 0.29) is 24.7 Å². The van der Waals surface area contributed by atoms with E-state index in [0.29, 0.717) is 6.61 Å². The number of aliphatic hydroxyl groups is 4. The molecule has 4 nitrogen and oxygen atoms in total. The lowest BCUT2D eigenvalue weighted by atomic mass is 9.95. The molecule has 0 aliphatic heterocycles. The van der Waals surface area contributed by atoms with Crippen LogP contribution in [-0.4, -0.2) is 45.8 Å². The third-order valence-electron chi connectivity index (χ3n) is 6.54. The van der Waals surface area contributed by atoms with E-state index in [1.807, 2.05) is 6.92 Å². The van der Waals surface area contributed by atoms with Gasteiger partial charge in [0.1, 0.15) is 0 Å². The van der Waals surface area contributed by atoms with Crippen molar-refractivity contribution in [1.82, 2.24) is 0 Å². The Bertz CT molecular complexity index is 320. The van der Waals surface area contributed by atoms with E-state index in [1.165, 1.54) is 70.6 Å². The molecule has 0 saturated heterocycles. The molecule has 0 heterocycles. The van der Waals surface area contributed by atoms with Gasteiger partial charge in [-0.15, -0.1) is 0 Å². The summed E-state index contributed by atoms with van der Waals surface area (Å²) in [4.78, 5) is 0. The zero-order valence-electron chi connectivity index (χ0n) is 20.1. The van der Waals surface area contributed by atoms with Gasteiger partial charge in [-0.05, 0) is 32.1 Å². The summed E-state index contributed by atoms with van der Waals surface area (Å²) in [5.41, 5.74) is 0. The summed E-state index contributed by atoms with van der Waals surface area (Å²) in [6.07, 6.45) is 22.5. The lowest BCUT2D eigenvalue weighted by Crippen LogP contribution is -2.22. The van der Waals surface area contributed by atoms with E-state index in [0.717, 1.165) is 57.8 Å². The average Bonchev–Trinajstić information content (AvgIpc) is 2.74. The Morgan fingerprint density at radius 3 is 1.23 bits per heavy atom. The largest absolute Gasteiger partial charge is 0.396 e. The van der Waals surface area contributed by atoms with Crippen molar-refractivity contribution in [3.8, 4) is 0 Å². The molecule has 3 atom stereocenters. The van der Waals surface area contributed by atoms with Gasteiger partial charge in [0, 0.05) is 19.1 Å². The lowest BCUT2D eigenvalue weighted by Gasteiger charge is -2.18. The Balaban J connectivity index is 3.28. The fraction of sp³-hybridized carbons (Fsp3) is 1.00. The Morgan fingerprint density at radius 2 is 0.867 bits per heavy atom. The molecule has 0 aliphatic rings. The Morgan fingerprint density at radius 1 is 0.500 bits per heavy atom. The zero-order valence-corrected chi connectivity index (χ0v) is 20.1. The minimum Gasteiger partial charge on any atom is -0.396 e. The molecule has 30 heavy (non-hydrogen) atoms. The van der Waals surface area contributed by atoms with E-state index in [4.69, 9.17) is 5.11 Å². The van der Waals surface area contributed by atoms with E-state index in [2.05, 4.69) is 0 Å². The number of unbranched alkanes of at least 4 members (excludes halogenated alkanes) is 14. The van der Waals surface area contributed by atoms with Crippen LogP contribution in [0.5, 0.6) is 0 Å².